The summed E-state index contributed by atoms with van der Waals surface area (Å²) in [5.41, 5.74) is 2.74. The molecule has 0 saturated heterocycles. The fourth-order valence-corrected chi connectivity index (χ4v) is 1.28. The van der Waals surface area contributed by atoms with Gasteiger partial charge in [0.1, 0.15) is 11.9 Å². The number of carbonyl (C=O) groups is 1. The highest BCUT2D eigenvalue weighted by atomic mass is 19.4. The van der Waals surface area contributed by atoms with Crippen molar-refractivity contribution in [3.8, 4) is 0 Å². The minimum atomic E-state index is -4.81. The molecule has 1 aromatic carbocycles. The van der Waals surface area contributed by atoms with Crippen LogP contribution < -0.4 is 5.73 Å². The van der Waals surface area contributed by atoms with Crippen LogP contribution in [-0.2, 0) is 11.0 Å². The highest BCUT2D eigenvalue weighted by Crippen LogP contribution is 2.32. The molecule has 0 fully saturated rings. The zero-order valence-corrected chi connectivity index (χ0v) is 8.78. The quantitative estimate of drug-likeness (QED) is 0.706. The number of halogens is 4. The Kier molecular flexibility index (Phi) is 3.92. The molecule has 0 radical (unpaired) electrons. The lowest BCUT2D eigenvalue weighted by molar-refractivity contribution is -0.138. The Hall–Kier alpha value is -1.67. The lowest BCUT2D eigenvalue weighted by Crippen LogP contribution is -2.34. The molecule has 0 aromatic heterocycles. The Bertz CT molecular complexity index is 461. The van der Waals surface area contributed by atoms with Gasteiger partial charge in [-0.05, 0) is 23.8 Å². The summed E-state index contributed by atoms with van der Waals surface area (Å²) in [6.45, 7) is 0. The van der Waals surface area contributed by atoms with Gasteiger partial charge in [-0.1, -0.05) is 0 Å². The van der Waals surface area contributed by atoms with E-state index in [1.807, 2.05) is 0 Å². The maximum atomic E-state index is 13.0. The minimum absolute atomic E-state index is 0.229. The fourth-order valence-electron chi connectivity index (χ4n) is 1.28. The first-order chi connectivity index (χ1) is 8.12. The molecule has 0 aliphatic rings. The number of hydrogen-bond acceptors (Lipinski definition) is 3. The second kappa shape index (κ2) is 4.91. The Labute approximate surface area is 98.6 Å². The molecule has 0 spiro atoms. The van der Waals surface area contributed by atoms with Gasteiger partial charge in [0.2, 0.25) is 5.91 Å². The van der Waals surface area contributed by atoms with Crippen LogP contribution in [0.25, 0.3) is 0 Å². The Morgan fingerprint density at radius 2 is 1.78 bits per heavy atom. The molecule has 0 aliphatic carbocycles. The highest BCUT2D eigenvalue weighted by Gasteiger charge is 2.33. The summed E-state index contributed by atoms with van der Waals surface area (Å²) in [6.07, 6.45) is -8.96. The van der Waals surface area contributed by atoms with Crippen molar-refractivity contribution in [3.63, 3.8) is 0 Å². The lowest BCUT2D eigenvalue weighted by Gasteiger charge is -2.17. The minimum Gasteiger partial charge on any atom is -0.385 e. The summed E-state index contributed by atoms with van der Waals surface area (Å²) in [4.78, 5) is 10.6. The van der Waals surface area contributed by atoms with Gasteiger partial charge in [0.05, 0.1) is 5.56 Å². The summed E-state index contributed by atoms with van der Waals surface area (Å²) >= 11 is 0. The molecule has 8 heteroatoms. The van der Waals surface area contributed by atoms with E-state index in [1.54, 1.807) is 0 Å². The van der Waals surface area contributed by atoms with E-state index in [0.29, 0.717) is 12.1 Å². The molecule has 2 atom stereocenters. The van der Waals surface area contributed by atoms with Crippen molar-refractivity contribution >= 4 is 5.91 Å². The average Bonchev–Trinajstić information content (AvgIpc) is 2.24. The van der Waals surface area contributed by atoms with E-state index < -0.39 is 41.2 Å². The zero-order chi connectivity index (χ0) is 14.1. The fraction of sp³-hybridized carbons (Fsp3) is 0.300. The third kappa shape index (κ3) is 3.17. The number of rotatable bonds is 3. The van der Waals surface area contributed by atoms with E-state index in [0.717, 1.165) is 0 Å². The number of benzene rings is 1. The van der Waals surface area contributed by atoms with Crippen molar-refractivity contribution in [1.29, 1.82) is 0 Å². The van der Waals surface area contributed by atoms with Gasteiger partial charge in [0.15, 0.2) is 6.10 Å². The number of aliphatic hydroxyl groups is 2. The van der Waals surface area contributed by atoms with Gasteiger partial charge in [-0.3, -0.25) is 4.79 Å². The molecule has 0 saturated carbocycles. The zero-order valence-electron chi connectivity index (χ0n) is 8.78. The third-order valence-corrected chi connectivity index (χ3v) is 2.18. The SMILES string of the molecule is NC(=O)C(O)C(O)c1cc(F)cc(C(F)(F)F)c1. The molecule has 1 aromatic rings. The molecule has 18 heavy (non-hydrogen) atoms. The molecule has 1 amide bonds. The molecule has 4 nitrogen and oxygen atoms in total. The summed E-state index contributed by atoms with van der Waals surface area (Å²) in [6, 6.07) is 1.23. The van der Waals surface area contributed by atoms with Crippen molar-refractivity contribution in [2.24, 2.45) is 5.73 Å². The normalized spacial score (nSPS) is 15.2. The molecule has 100 valence electrons. The number of hydrogen-bond donors (Lipinski definition) is 3. The molecule has 0 bridgehead atoms. The Balaban J connectivity index is 3.18. The van der Waals surface area contributed by atoms with Gasteiger partial charge in [-0.25, -0.2) is 4.39 Å². The van der Waals surface area contributed by atoms with E-state index in [2.05, 4.69) is 5.73 Å². The summed E-state index contributed by atoms with van der Waals surface area (Å²) in [7, 11) is 0. The van der Waals surface area contributed by atoms with Gasteiger partial charge in [0.25, 0.3) is 0 Å². The van der Waals surface area contributed by atoms with E-state index in [9.17, 15) is 27.5 Å². The number of carbonyl (C=O) groups excluding carboxylic acids is 1. The van der Waals surface area contributed by atoms with Crippen molar-refractivity contribution in [1.82, 2.24) is 0 Å². The average molecular weight is 267 g/mol. The maximum absolute atomic E-state index is 13.0. The molecule has 0 aliphatic heterocycles. The van der Waals surface area contributed by atoms with Crippen LogP contribution in [0, 0.1) is 5.82 Å². The smallest absolute Gasteiger partial charge is 0.385 e. The van der Waals surface area contributed by atoms with Crippen LogP contribution in [-0.4, -0.2) is 22.2 Å². The topological polar surface area (TPSA) is 83.6 Å². The molecule has 1 rings (SSSR count). The number of primary amides is 1. The van der Waals surface area contributed by atoms with Crippen molar-refractivity contribution < 1.29 is 32.6 Å². The van der Waals surface area contributed by atoms with Gasteiger partial charge in [-0.15, -0.1) is 0 Å². The predicted octanol–water partition coefficient (Wildman–Crippen LogP) is 0.724. The highest BCUT2D eigenvalue weighted by molar-refractivity contribution is 5.79. The predicted molar refractivity (Wildman–Crippen MR) is 51.6 cm³/mol. The summed E-state index contributed by atoms with van der Waals surface area (Å²) in [5, 5.41) is 18.5. The monoisotopic (exact) mass is 267 g/mol. The molecule has 2 unspecified atom stereocenters. The summed E-state index contributed by atoms with van der Waals surface area (Å²) < 4.78 is 50.1. The number of amides is 1. The van der Waals surface area contributed by atoms with Crippen LogP contribution in [0.1, 0.15) is 17.2 Å². The van der Waals surface area contributed by atoms with E-state index >= 15 is 0 Å². The molecule has 0 heterocycles. The first-order valence-corrected chi connectivity index (χ1v) is 4.66. The Morgan fingerprint density at radius 1 is 1.22 bits per heavy atom. The first kappa shape index (κ1) is 14.4. The number of alkyl halides is 3. The van der Waals surface area contributed by atoms with Crippen molar-refractivity contribution in [2.75, 3.05) is 0 Å². The maximum Gasteiger partial charge on any atom is 0.416 e. The van der Waals surface area contributed by atoms with Crippen LogP contribution in [0.4, 0.5) is 17.6 Å². The molecular weight excluding hydrogens is 258 g/mol. The summed E-state index contributed by atoms with van der Waals surface area (Å²) in [5.74, 6) is -2.59. The van der Waals surface area contributed by atoms with Crippen LogP contribution in [0.5, 0.6) is 0 Å². The van der Waals surface area contributed by atoms with E-state index in [1.165, 1.54) is 0 Å². The molecular formula is C10H9F4NO3. The number of aliphatic hydroxyl groups excluding tert-OH is 2. The third-order valence-electron chi connectivity index (χ3n) is 2.18. The standard InChI is InChI=1S/C10H9F4NO3/c11-6-2-4(7(16)8(17)9(15)18)1-5(3-6)10(12,13)14/h1-3,7-8,16-17H,(H2,15,18). The van der Waals surface area contributed by atoms with E-state index in [-0.39, 0.29) is 6.07 Å². The van der Waals surface area contributed by atoms with Gasteiger partial charge < -0.3 is 15.9 Å². The van der Waals surface area contributed by atoms with Crippen LogP contribution in [0.3, 0.4) is 0 Å². The second-order valence-electron chi connectivity index (χ2n) is 3.56. The number of nitrogens with two attached hydrogens (primary N) is 1. The Morgan fingerprint density at radius 3 is 2.22 bits per heavy atom. The largest absolute Gasteiger partial charge is 0.416 e. The van der Waals surface area contributed by atoms with Crippen LogP contribution >= 0.6 is 0 Å². The van der Waals surface area contributed by atoms with E-state index in [4.69, 9.17) is 5.11 Å². The lowest BCUT2D eigenvalue weighted by atomic mass is 10.0. The van der Waals surface area contributed by atoms with Crippen molar-refractivity contribution in [3.05, 3.63) is 35.1 Å². The van der Waals surface area contributed by atoms with Crippen molar-refractivity contribution in [2.45, 2.75) is 18.4 Å². The van der Waals surface area contributed by atoms with Crippen LogP contribution in [0.15, 0.2) is 18.2 Å². The molecule has 4 N–H and O–H groups in total. The van der Waals surface area contributed by atoms with Gasteiger partial charge in [0, 0.05) is 0 Å². The second-order valence-corrected chi connectivity index (χ2v) is 3.56. The van der Waals surface area contributed by atoms with Crippen LogP contribution in [0.2, 0.25) is 0 Å². The van der Waals surface area contributed by atoms with Gasteiger partial charge >= 0.3 is 6.18 Å². The van der Waals surface area contributed by atoms with Gasteiger partial charge in [-0.2, -0.15) is 13.2 Å². The first-order valence-electron chi connectivity index (χ1n) is 4.66.